The number of rotatable bonds is 10. The van der Waals surface area contributed by atoms with Crippen LogP contribution in [0.2, 0.25) is 0 Å². The minimum atomic E-state index is -3.81. The van der Waals surface area contributed by atoms with E-state index >= 15 is 0 Å². The van der Waals surface area contributed by atoms with Crippen LogP contribution in [0.1, 0.15) is 57.0 Å². The number of hydrogen-bond acceptors (Lipinski definition) is 10. The Bertz CT molecular complexity index is 1170. The molecule has 0 aliphatic heterocycles. The van der Waals surface area contributed by atoms with Gasteiger partial charge in [0.1, 0.15) is 0 Å². The Morgan fingerprint density at radius 2 is 1.84 bits per heavy atom. The van der Waals surface area contributed by atoms with Crippen LogP contribution in [-0.4, -0.2) is 33.4 Å². The summed E-state index contributed by atoms with van der Waals surface area (Å²) >= 11 is 0.709. The summed E-state index contributed by atoms with van der Waals surface area (Å²) in [5.41, 5.74) is 1.40. The lowest BCUT2D eigenvalue weighted by molar-refractivity contribution is 0.465. The number of nitrogens with one attached hydrogen (secondary N) is 3. The van der Waals surface area contributed by atoms with E-state index in [2.05, 4.69) is 63.2 Å². The van der Waals surface area contributed by atoms with Crippen LogP contribution in [0.4, 0.5) is 17.3 Å². The van der Waals surface area contributed by atoms with Gasteiger partial charge in [0.05, 0.1) is 11.7 Å². The molecule has 2 atom stereocenters. The van der Waals surface area contributed by atoms with Crippen molar-refractivity contribution in [2.45, 2.75) is 50.8 Å². The molecule has 9 nitrogen and oxygen atoms in total. The first kappa shape index (κ1) is 24.9. The van der Waals surface area contributed by atoms with Gasteiger partial charge in [0.15, 0.2) is 21.1 Å². The van der Waals surface area contributed by atoms with Crippen LogP contribution in [0.25, 0.3) is 0 Å². The molecule has 3 aromatic heterocycles. The molecule has 0 amide bonds. The smallest absolute Gasteiger partial charge is 0.253 e. The fourth-order valence-electron chi connectivity index (χ4n) is 2.98. The largest absolute Gasteiger partial charge is 0.546 e. The van der Waals surface area contributed by atoms with Crippen molar-refractivity contribution in [1.82, 2.24) is 13.5 Å². The summed E-state index contributed by atoms with van der Waals surface area (Å²) in [7, 11) is -3.81. The van der Waals surface area contributed by atoms with Gasteiger partial charge >= 0.3 is 0 Å². The van der Waals surface area contributed by atoms with Crippen molar-refractivity contribution in [3.8, 4) is 5.75 Å². The molecule has 3 rings (SSSR count). The lowest BCUT2D eigenvalue weighted by Gasteiger charge is -2.21. The molecule has 3 aromatic rings. The van der Waals surface area contributed by atoms with Crippen molar-refractivity contribution < 1.29 is 18.1 Å². The zero-order chi connectivity index (χ0) is 23.6. The van der Waals surface area contributed by atoms with Crippen LogP contribution >= 0.6 is 33.8 Å². The summed E-state index contributed by atoms with van der Waals surface area (Å²) < 4.78 is 46.8. The van der Waals surface area contributed by atoms with Crippen molar-refractivity contribution in [3.63, 3.8) is 0 Å². The van der Waals surface area contributed by atoms with Crippen LogP contribution in [0.15, 0.2) is 21.0 Å². The molecule has 0 aliphatic carbocycles. The average Bonchev–Trinajstić information content (AvgIpc) is 3.40. The quantitative estimate of drug-likeness (QED) is 0.275. The van der Waals surface area contributed by atoms with Gasteiger partial charge in [0.2, 0.25) is 11.6 Å². The monoisotopic (exact) mass is 517 g/mol. The number of sulfonamides is 1. The number of hydrogen-bond donors (Lipinski definition) is 4. The topological polar surface area (TPSA) is 139 Å². The van der Waals surface area contributed by atoms with Crippen LogP contribution in [0, 0.1) is 5.92 Å². The van der Waals surface area contributed by atoms with E-state index in [0.717, 1.165) is 16.2 Å². The van der Waals surface area contributed by atoms with E-state index in [9.17, 15) is 18.1 Å². The molecule has 0 saturated heterocycles. The number of aromatic nitrogens is 2. The van der Waals surface area contributed by atoms with Gasteiger partial charge in [0, 0.05) is 25.5 Å². The minimum Gasteiger partial charge on any atom is -0.546 e. The van der Waals surface area contributed by atoms with Crippen molar-refractivity contribution in [3.05, 3.63) is 27.3 Å². The summed E-state index contributed by atoms with van der Waals surface area (Å²) in [6.07, 6.45) is 0. The third-order valence-electron chi connectivity index (χ3n) is 4.70. The van der Waals surface area contributed by atoms with Gasteiger partial charge in [-0.2, -0.15) is 0 Å². The van der Waals surface area contributed by atoms with Gasteiger partial charge in [0.25, 0.3) is 10.0 Å². The third kappa shape index (κ3) is 5.41. The SMILES string of the molecule is CCNS(=O)(=O)c1scc(Nc2n[s+]([O-])nc2N[C@@H](c2cc(C(C)C)cs2)C(C)C)c1O. The normalized spacial score (nSPS) is 13.7. The van der Waals surface area contributed by atoms with Gasteiger partial charge in [-0.05, 0) is 28.8 Å². The Morgan fingerprint density at radius 1 is 1.16 bits per heavy atom. The first-order chi connectivity index (χ1) is 15.0. The zero-order valence-electron chi connectivity index (χ0n) is 18.4. The molecule has 3 heterocycles. The van der Waals surface area contributed by atoms with Gasteiger partial charge in [-0.15, -0.1) is 22.7 Å². The molecule has 176 valence electrons. The standard InChI is InChI=1S/C19H27N5O4S4/c1-6-20-32(27,28)19-16(25)13(9-30-19)21-17-18(24-31(26)23-17)22-15(11(4)5)14-7-12(8-29-14)10(2)3/h7-11,15,20,25H,6H2,1-5H3,(H,21,23)(H,22,24)/t15-,31?/m1/s1. The van der Waals surface area contributed by atoms with E-state index in [-0.39, 0.29) is 34.2 Å². The van der Waals surface area contributed by atoms with E-state index in [1.165, 1.54) is 10.9 Å². The van der Waals surface area contributed by atoms with Crippen LogP contribution < -0.4 is 15.4 Å². The third-order valence-corrected chi connectivity index (χ3v) is 9.47. The van der Waals surface area contributed by atoms with E-state index in [1.807, 2.05) is 0 Å². The first-order valence-corrected chi connectivity index (χ1v) is 14.4. The van der Waals surface area contributed by atoms with Gasteiger partial charge in [-0.1, -0.05) is 34.6 Å². The molecule has 0 saturated carbocycles. The van der Waals surface area contributed by atoms with Crippen molar-refractivity contribution >= 4 is 61.2 Å². The molecule has 0 spiro atoms. The summed E-state index contributed by atoms with van der Waals surface area (Å²) in [6.45, 7) is 10.3. The highest BCUT2D eigenvalue weighted by molar-refractivity contribution is 7.91. The minimum absolute atomic E-state index is 0.0888. The fourth-order valence-corrected chi connectivity index (χ4v) is 7.22. The van der Waals surface area contributed by atoms with E-state index < -0.39 is 26.9 Å². The van der Waals surface area contributed by atoms with Gasteiger partial charge < -0.3 is 20.3 Å². The molecule has 13 heteroatoms. The van der Waals surface area contributed by atoms with Crippen molar-refractivity contribution in [1.29, 1.82) is 0 Å². The molecule has 0 aromatic carbocycles. The molecule has 0 bridgehead atoms. The molecule has 0 aliphatic rings. The van der Waals surface area contributed by atoms with Gasteiger partial charge in [-0.25, -0.2) is 13.1 Å². The van der Waals surface area contributed by atoms with E-state index in [0.29, 0.717) is 11.7 Å². The predicted octanol–water partition coefficient (Wildman–Crippen LogP) is 5.01. The molecule has 0 radical (unpaired) electrons. The highest BCUT2D eigenvalue weighted by Crippen LogP contribution is 2.41. The highest BCUT2D eigenvalue weighted by Gasteiger charge is 2.27. The number of thiophene rings is 2. The predicted molar refractivity (Wildman–Crippen MR) is 130 cm³/mol. The second kappa shape index (κ2) is 10.0. The fraction of sp³-hybridized carbons (Fsp3) is 0.474. The molecular weight excluding hydrogens is 491 g/mol. The highest BCUT2D eigenvalue weighted by atomic mass is 32.2. The maximum Gasteiger partial charge on any atom is 0.253 e. The van der Waals surface area contributed by atoms with Crippen molar-refractivity contribution in [2.75, 3.05) is 17.2 Å². The molecule has 1 unspecified atom stereocenters. The number of nitrogens with zero attached hydrogens (tertiary/aromatic N) is 2. The Kier molecular flexibility index (Phi) is 7.78. The van der Waals surface area contributed by atoms with Crippen LogP contribution in [0.5, 0.6) is 5.75 Å². The lowest BCUT2D eigenvalue weighted by atomic mass is 10.00. The average molecular weight is 518 g/mol. The zero-order valence-corrected chi connectivity index (χ0v) is 21.6. The Balaban J connectivity index is 1.88. The summed E-state index contributed by atoms with van der Waals surface area (Å²) in [6, 6.07) is 2.07. The maximum absolute atomic E-state index is 12.2. The Hall–Kier alpha value is -1.77. The molecule has 32 heavy (non-hydrogen) atoms. The second-order valence-corrected chi connectivity index (χ2v) is 12.4. The summed E-state index contributed by atoms with van der Waals surface area (Å²) in [5.74, 6) is 0.671. The van der Waals surface area contributed by atoms with Crippen LogP contribution in [0.3, 0.4) is 0 Å². The van der Waals surface area contributed by atoms with Crippen molar-refractivity contribution in [2.24, 2.45) is 5.92 Å². The maximum atomic E-state index is 12.2. The molecule has 4 N–H and O–H groups in total. The Morgan fingerprint density at radius 3 is 2.44 bits per heavy atom. The number of anilines is 3. The number of aromatic hydroxyl groups is 1. The van der Waals surface area contributed by atoms with Crippen LogP contribution in [-0.2, 0) is 10.0 Å². The van der Waals surface area contributed by atoms with E-state index in [4.69, 9.17) is 0 Å². The second-order valence-electron chi connectivity index (χ2n) is 7.83. The van der Waals surface area contributed by atoms with Gasteiger partial charge in [-0.3, -0.25) is 0 Å². The Labute approximate surface area is 199 Å². The first-order valence-electron chi connectivity index (χ1n) is 10.0. The molecule has 0 fully saturated rings. The summed E-state index contributed by atoms with van der Waals surface area (Å²) in [4.78, 5) is 1.13. The molecular formula is C19H27N5O4S4. The summed E-state index contributed by atoms with van der Waals surface area (Å²) in [5, 5.41) is 20.3. The van der Waals surface area contributed by atoms with E-state index in [1.54, 1.807) is 18.3 Å². The lowest BCUT2D eigenvalue weighted by Crippen LogP contribution is -2.22.